The normalized spacial score (nSPS) is 32.1. The Labute approximate surface area is 105 Å². The van der Waals surface area contributed by atoms with Gasteiger partial charge in [-0.15, -0.1) is 0 Å². The monoisotopic (exact) mass is 255 g/mol. The van der Waals surface area contributed by atoms with Crippen LogP contribution in [0.15, 0.2) is 0 Å². The summed E-state index contributed by atoms with van der Waals surface area (Å²) in [7, 11) is 0. The first-order valence-corrected chi connectivity index (χ1v) is 6.41. The van der Waals surface area contributed by atoms with Crippen LogP contribution in [-0.2, 0) is 9.63 Å². The molecule has 0 radical (unpaired) electrons. The van der Waals surface area contributed by atoms with Crippen molar-refractivity contribution in [3.8, 4) is 0 Å². The van der Waals surface area contributed by atoms with E-state index in [1.165, 1.54) is 9.96 Å². The smallest absolute Gasteiger partial charge is 0.309 e. The highest BCUT2D eigenvalue weighted by atomic mass is 16.7. The van der Waals surface area contributed by atoms with Gasteiger partial charge in [0.05, 0.1) is 12.6 Å². The van der Waals surface area contributed by atoms with Gasteiger partial charge in [-0.2, -0.15) is 0 Å². The number of amides is 3. The molecular weight excluding hydrogens is 238 g/mol. The molecule has 0 spiro atoms. The van der Waals surface area contributed by atoms with Gasteiger partial charge in [-0.25, -0.2) is 14.9 Å². The maximum absolute atomic E-state index is 12.3. The lowest BCUT2D eigenvalue weighted by molar-refractivity contribution is -0.201. The Morgan fingerprint density at radius 2 is 2.17 bits per heavy atom. The van der Waals surface area contributed by atoms with Crippen LogP contribution in [0.25, 0.3) is 0 Å². The minimum atomic E-state index is -0.482. The van der Waals surface area contributed by atoms with E-state index < -0.39 is 12.1 Å². The Morgan fingerprint density at radius 1 is 1.33 bits per heavy atom. The van der Waals surface area contributed by atoms with Crippen LogP contribution in [-0.4, -0.2) is 64.0 Å². The molecule has 0 aromatic heterocycles. The van der Waals surface area contributed by atoms with E-state index in [1.807, 2.05) is 0 Å². The largest absolute Gasteiger partial charge is 0.344 e. The molecule has 18 heavy (non-hydrogen) atoms. The number of fused-ring (bicyclic) bond motifs is 2. The zero-order valence-corrected chi connectivity index (χ0v) is 10.1. The van der Waals surface area contributed by atoms with Crippen molar-refractivity contribution in [2.45, 2.75) is 37.8 Å². The zero-order valence-electron chi connectivity index (χ0n) is 10.1. The summed E-state index contributed by atoms with van der Waals surface area (Å²) in [6.07, 6.45) is 3.14. The van der Waals surface area contributed by atoms with E-state index >= 15 is 0 Å². The zero-order chi connectivity index (χ0) is 12.7. The molecule has 3 heterocycles. The van der Waals surface area contributed by atoms with Crippen molar-refractivity contribution >= 4 is 11.9 Å². The number of urea groups is 1. The maximum atomic E-state index is 12.3. The van der Waals surface area contributed by atoms with Crippen molar-refractivity contribution in [3.63, 3.8) is 0 Å². The lowest BCUT2D eigenvalue weighted by Gasteiger charge is -2.34. The topological polar surface area (TPSA) is 73.3 Å². The maximum Gasteiger partial charge on any atom is 0.344 e. The molecule has 0 unspecified atom stereocenters. The summed E-state index contributed by atoms with van der Waals surface area (Å²) >= 11 is 0. The molecule has 3 aliphatic heterocycles. The summed E-state index contributed by atoms with van der Waals surface area (Å²) in [4.78, 5) is 30.9. The van der Waals surface area contributed by atoms with Crippen molar-refractivity contribution in [1.29, 1.82) is 0 Å². The van der Waals surface area contributed by atoms with Crippen LogP contribution in [0.2, 0.25) is 0 Å². The third-order valence-corrected chi connectivity index (χ3v) is 3.88. The summed E-state index contributed by atoms with van der Waals surface area (Å²) in [5.41, 5.74) is 0. The molecule has 7 heteroatoms. The molecule has 3 aliphatic rings. The fraction of sp³-hybridized carbons (Fsp3) is 0.818. The number of nitrogens with zero attached hydrogens (tertiary/aromatic N) is 3. The van der Waals surface area contributed by atoms with Crippen molar-refractivity contribution < 1.29 is 19.6 Å². The van der Waals surface area contributed by atoms with Crippen LogP contribution in [0.3, 0.4) is 0 Å². The Kier molecular flexibility index (Phi) is 2.87. The molecule has 3 fully saturated rings. The summed E-state index contributed by atoms with van der Waals surface area (Å²) in [5.74, 6) is -0.156. The van der Waals surface area contributed by atoms with E-state index in [1.54, 1.807) is 0 Å². The van der Waals surface area contributed by atoms with Crippen LogP contribution in [0.1, 0.15) is 25.7 Å². The highest BCUT2D eigenvalue weighted by molar-refractivity contribution is 5.88. The van der Waals surface area contributed by atoms with Gasteiger partial charge in [0.2, 0.25) is 0 Å². The van der Waals surface area contributed by atoms with Crippen molar-refractivity contribution in [3.05, 3.63) is 0 Å². The molecule has 2 atom stereocenters. The summed E-state index contributed by atoms with van der Waals surface area (Å²) in [5, 5.41) is 11.7. The first kappa shape index (κ1) is 11.7. The molecule has 0 aliphatic carbocycles. The lowest BCUT2D eigenvalue weighted by atomic mass is 10.00. The van der Waals surface area contributed by atoms with Gasteiger partial charge in [0.25, 0.3) is 5.91 Å². The number of hydrogen-bond acceptors (Lipinski definition) is 4. The lowest BCUT2D eigenvalue weighted by Crippen LogP contribution is -2.52. The summed E-state index contributed by atoms with van der Waals surface area (Å²) < 4.78 is 0. The third kappa shape index (κ3) is 1.74. The molecule has 0 saturated carbocycles. The third-order valence-electron chi connectivity index (χ3n) is 3.88. The van der Waals surface area contributed by atoms with E-state index in [0.29, 0.717) is 32.5 Å². The fourth-order valence-corrected chi connectivity index (χ4v) is 2.84. The fourth-order valence-electron chi connectivity index (χ4n) is 2.84. The first-order valence-electron chi connectivity index (χ1n) is 6.41. The van der Waals surface area contributed by atoms with Crippen LogP contribution in [0, 0.1) is 0 Å². The Morgan fingerprint density at radius 3 is 2.89 bits per heavy atom. The number of hydroxylamine groups is 4. The molecule has 0 aromatic rings. The van der Waals surface area contributed by atoms with Crippen molar-refractivity contribution in [2.24, 2.45) is 0 Å². The highest BCUT2D eigenvalue weighted by Crippen LogP contribution is 2.29. The molecule has 0 aromatic carbocycles. The van der Waals surface area contributed by atoms with Gasteiger partial charge in [-0.1, -0.05) is 0 Å². The van der Waals surface area contributed by atoms with Crippen LogP contribution >= 0.6 is 0 Å². The molecule has 2 bridgehead atoms. The molecule has 3 saturated heterocycles. The van der Waals surface area contributed by atoms with E-state index in [4.69, 9.17) is 4.84 Å². The predicted octanol–water partition coefficient (Wildman–Crippen LogP) is 0.198. The molecule has 3 rings (SSSR count). The second-order valence-electron chi connectivity index (χ2n) is 5.01. The SMILES string of the molecule is O=C([C@@H]1CC[C@@H]2CN1C(=O)N2O)N1CCCCO1. The minimum Gasteiger partial charge on any atom is -0.309 e. The van der Waals surface area contributed by atoms with E-state index in [-0.39, 0.29) is 11.9 Å². The number of piperidine rings is 1. The average molecular weight is 255 g/mol. The van der Waals surface area contributed by atoms with Crippen molar-refractivity contribution in [1.82, 2.24) is 15.0 Å². The quantitative estimate of drug-likeness (QED) is 0.679. The number of hydrogen-bond donors (Lipinski definition) is 1. The molecular formula is C11H17N3O4. The number of carbonyl (C=O) groups is 2. The Bertz CT molecular complexity index is 369. The first-order chi connectivity index (χ1) is 8.68. The van der Waals surface area contributed by atoms with Gasteiger partial charge in [0.15, 0.2) is 0 Å². The molecule has 100 valence electrons. The number of rotatable bonds is 1. The molecule has 1 N–H and O–H groups in total. The van der Waals surface area contributed by atoms with Gasteiger partial charge in [-0.05, 0) is 25.7 Å². The van der Waals surface area contributed by atoms with Gasteiger partial charge in [0, 0.05) is 13.1 Å². The van der Waals surface area contributed by atoms with Gasteiger partial charge >= 0.3 is 6.03 Å². The van der Waals surface area contributed by atoms with Gasteiger partial charge < -0.3 is 4.90 Å². The molecule has 7 nitrogen and oxygen atoms in total. The van der Waals surface area contributed by atoms with E-state index in [9.17, 15) is 14.8 Å². The van der Waals surface area contributed by atoms with Crippen LogP contribution in [0.4, 0.5) is 4.79 Å². The molecule has 3 amide bonds. The van der Waals surface area contributed by atoms with Crippen molar-refractivity contribution in [2.75, 3.05) is 19.7 Å². The summed E-state index contributed by atoms with van der Waals surface area (Å²) in [6.45, 7) is 1.57. The second kappa shape index (κ2) is 4.40. The van der Waals surface area contributed by atoms with Crippen LogP contribution < -0.4 is 0 Å². The summed E-state index contributed by atoms with van der Waals surface area (Å²) in [6, 6.07) is -1.11. The van der Waals surface area contributed by atoms with Crippen LogP contribution in [0.5, 0.6) is 0 Å². The average Bonchev–Trinajstić information content (AvgIpc) is 2.65. The van der Waals surface area contributed by atoms with E-state index in [0.717, 1.165) is 17.9 Å². The van der Waals surface area contributed by atoms with E-state index in [2.05, 4.69) is 0 Å². The Balaban J connectivity index is 1.72. The number of carbonyl (C=O) groups excluding carboxylic acids is 2. The van der Waals surface area contributed by atoms with Gasteiger partial charge in [0.1, 0.15) is 6.04 Å². The van der Waals surface area contributed by atoms with Gasteiger partial charge in [-0.3, -0.25) is 14.8 Å². The highest BCUT2D eigenvalue weighted by Gasteiger charge is 2.47. The minimum absolute atomic E-state index is 0.156. The Hall–Kier alpha value is -1.34. The predicted molar refractivity (Wildman–Crippen MR) is 59.4 cm³/mol. The second-order valence-corrected chi connectivity index (χ2v) is 5.01. The standard InChI is InChI=1S/C11H17N3O4/c15-10(13-5-1-2-6-18-13)9-4-3-8-7-12(9)11(16)14(8)17/h8-9,17H,1-7H2/t8-,9+/m1/s1.